The zero-order chi connectivity index (χ0) is 18.2. The van der Waals surface area contributed by atoms with E-state index in [2.05, 4.69) is 21.7 Å². The monoisotopic (exact) mass is 470 g/mol. The average molecular weight is 470 g/mol. The van der Waals surface area contributed by atoms with Gasteiger partial charge in [0, 0.05) is 6.54 Å². The van der Waals surface area contributed by atoms with Gasteiger partial charge >= 0.3 is 0 Å². The van der Waals surface area contributed by atoms with Crippen molar-refractivity contribution in [2.24, 2.45) is 4.99 Å². The third-order valence-electron chi connectivity index (χ3n) is 3.64. The maximum Gasteiger partial charge on any atom is 0.192 e. The van der Waals surface area contributed by atoms with E-state index in [4.69, 9.17) is 5.26 Å². The second-order valence-corrected chi connectivity index (χ2v) is 5.54. The minimum atomic E-state index is -0.870. The highest BCUT2D eigenvalue weighted by atomic mass is 127. The lowest BCUT2D eigenvalue weighted by Crippen LogP contribution is -2.38. The topological polar surface area (TPSA) is 60.2 Å². The van der Waals surface area contributed by atoms with Crippen molar-refractivity contribution < 1.29 is 8.78 Å². The first kappa shape index (κ1) is 21.8. The summed E-state index contributed by atoms with van der Waals surface area (Å²) in [5, 5.41) is 15.1. The summed E-state index contributed by atoms with van der Waals surface area (Å²) in [6, 6.07) is 12.9. The average Bonchev–Trinajstić information content (AvgIpc) is 2.62. The molecule has 138 valence electrons. The number of rotatable bonds is 5. The van der Waals surface area contributed by atoms with Crippen LogP contribution in [0.15, 0.2) is 47.5 Å². The standard InChI is InChI=1S/C19H20F2N4.HI/c1-3-23-19(24-12-15-6-4-14(11-22)5-7-15)25-13(2)16-8-9-17(20)18(21)10-16;/h4-10,13H,3,12H2,1-2H3,(H2,23,24,25);1H. The van der Waals surface area contributed by atoms with Gasteiger partial charge in [0.15, 0.2) is 17.6 Å². The molecule has 0 saturated carbocycles. The molecule has 2 aromatic rings. The molecule has 0 aliphatic heterocycles. The normalized spacial score (nSPS) is 11.9. The van der Waals surface area contributed by atoms with Crippen molar-refractivity contribution in [2.45, 2.75) is 26.4 Å². The van der Waals surface area contributed by atoms with E-state index in [0.29, 0.717) is 30.2 Å². The Kier molecular flexibility index (Phi) is 8.99. The fraction of sp³-hybridized carbons (Fsp3) is 0.263. The Morgan fingerprint density at radius 3 is 2.42 bits per heavy atom. The van der Waals surface area contributed by atoms with E-state index in [-0.39, 0.29) is 30.0 Å². The van der Waals surface area contributed by atoms with Gasteiger partial charge in [0.2, 0.25) is 0 Å². The summed E-state index contributed by atoms with van der Waals surface area (Å²) in [5.74, 6) is -1.16. The minimum absolute atomic E-state index is 0. The first-order chi connectivity index (χ1) is 12.0. The van der Waals surface area contributed by atoms with Gasteiger partial charge in [-0.1, -0.05) is 18.2 Å². The van der Waals surface area contributed by atoms with E-state index >= 15 is 0 Å². The number of nitriles is 1. The quantitative estimate of drug-likeness (QED) is 0.390. The summed E-state index contributed by atoms with van der Waals surface area (Å²) in [4.78, 5) is 4.49. The van der Waals surface area contributed by atoms with Crippen molar-refractivity contribution >= 4 is 29.9 Å². The second-order valence-electron chi connectivity index (χ2n) is 5.54. The Balaban J connectivity index is 0.00000338. The van der Waals surface area contributed by atoms with Crippen molar-refractivity contribution in [3.63, 3.8) is 0 Å². The Labute approximate surface area is 169 Å². The van der Waals surface area contributed by atoms with Crippen molar-refractivity contribution in [3.05, 3.63) is 70.8 Å². The molecule has 0 radical (unpaired) electrons. The van der Waals surface area contributed by atoms with E-state index in [1.165, 1.54) is 6.07 Å². The predicted molar refractivity (Wildman–Crippen MR) is 109 cm³/mol. The summed E-state index contributed by atoms with van der Waals surface area (Å²) >= 11 is 0. The molecule has 0 aliphatic rings. The second kappa shape index (κ2) is 10.7. The molecule has 1 unspecified atom stereocenters. The van der Waals surface area contributed by atoms with E-state index < -0.39 is 11.6 Å². The molecule has 0 bridgehead atoms. The lowest BCUT2D eigenvalue weighted by atomic mass is 10.1. The van der Waals surface area contributed by atoms with Crippen LogP contribution in [0.3, 0.4) is 0 Å². The molecule has 0 aliphatic carbocycles. The van der Waals surface area contributed by atoms with Crippen LogP contribution in [-0.4, -0.2) is 12.5 Å². The highest BCUT2D eigenvalue weighted by Crippen LogP contribution is 2.16. The van der Waals surface area contributed by atoms with Gasteiger partial charge in [-0.05, 0) is 49.2 Å². The summed E-state index contributed by atoms with van der Waals surface area (Å²) in [5.41, 5.74) is 2.20. The minimum Gasteiger partial charge on any atom is -0.357 e. The highest BCUT2D eigenvalue weighted by Gasteiger charge is 2.10. The highest BCUT2D eigenvalue weighted by molar-refractivity contribution is 14.0. The van der Waals surface area contributed by atoms with E-state index in [1.807, 2.05) is 26.0 Å². The van der Waals surface area contributed by atoms with Gasteiger partial charge in [0.25, 0.3) is 0 Å². The van der Waals surface area contributed by atoms with Gasteiger partial charge in [0.1, 0.15) is 0 Å². The molecule has 0 aromatic heterocycles. The van der Waals surface area contributed by atoms with E-state index in [1.54, 1.807) is 18.2 Å². The van der Waals surface area contributed by atoms with Crippen molar-refractivity contribution in [1.82, 2.24) is 10.6 Å². The molecule has 0 amide bonds. The van der Waals surface area contributed by atoms with Crippen LogP contribution in [0.5, 0.6) is 0 Å². The number of aliphatic imine (C=N–C) groups is 1. The molecule has 26 heavy (non-hydrogen) atoms. The fourth-order valence-corrected chi connectivity index (χ4v) is 2.25. The molecular formula is C19H21F2IN4. The summed E-state index contributed by atoms with van der Waals surface area (Å²) < 4.78 is 26.4. The molecular weight excluding hydrogens is 449 g/mol. The summed E-state index contributed by atoms with van der Waals surface area (Å²) in [6.45, 7) is 4.90. The lowest BCUT2D eigenvalue weighted by molar-refractivity contribution is 0.504. The molecule has 7 heteroatoms. The van der Waals surface area contributed by atoms with Crippen molar-refractivity contribution in [1.29, 1.82) is 5.26 Å². The number of nitrogens with one attached hydrogen (secondary N) is 2. The van der Waals surface area contributed by atoms with Crippen LogP contribution in [0.25, 0.3) is 0 Å². The maximum absolute atomic E-state index is 13.4. The predicted octanol–water partition coefficient (Wildman–Crippen LogP) is 4.27. The summed E-state index contributed by atoms with van der Waals surface area (Å²) in [6.07, 6.45) is 0. The van der Waals surface area contributed by atoms with Crippen LogP contribution in [0.1, 0.15) is 36.6 Å². The van der Waals surface area contributed by atoms with Gasteiger partial charge in [0.05, 0.1) is 24.2 Å². The Bertz CT molecular complexity index is 785. The SMILES string of the molecule is CCNC(=NCc1ccc(C#N)cc1)NC(C)c1ccc(F)c(F)c1.I. The van der Waals surface area contributed by atoms with Crippen molar-refractivity contribution in [3.8, 4) is 6.07 Å². The third kappa shape index (κ3) is 6.26. The maximum atomic E-state index is 13.4. The lowest BCUT2D eigenvalue weighted by Gasteiger charge is -2.18. The van der Waals surface area contributed by atoms with Gasteiger partial charge in [-0.25, -0.2) is 13.8 Å². The van der Waals surface area contributed by atoms with E-state index in [0.717, 1.165) is 11.6 Å². The molecule has 2 aromatic carbocycles. The fourth-order valence-electron chi connectivity index (χ4n) is 2.25. The molecule has 0 saturated heterocycles. The van der Waals surface area contributed by atoms with Gasteiger partial charge in [-0.15, -0.1) is 24.0 Å². The Morgan fingerprint density at radius 1 is 1.15 bits per heavy atom. The van der Waals surface area contributed by atoms with Gasteiger partial charge in [-0.2, -0.15) is 5.26 Å². The number of nitrogens with zero attached hydrogens (tertiary/aromatic N) is 2. The van der Waals surface area contributed by atoms with Gasteiger partial charge < -0.3 is 10.6 Å². The number of benzene rings is 2. The smallest absolute Gasteiger partial charge is 0.192 e. The number of hydrogen-bond donors (Lipinski definition) is 2. The largest absolute Gasteiger partial charge is 0.357 e. The molecule has 2 rings (SSSR count). The number of halogens is 3. The third-order valence-corrected chi connectivity index (χ3v) is 3.64. The Hall–Kier alpha value is -2.21. The zero-order valence-corrected chi connectivity index (χ0v) is 16.9. The molecule has 2 N–H and O–H groups in total. The number of guanidine groups is 1. The van der Waals surface area contributed by atoms with Crippen LogP contribution < -0.4 is 10.6 Å². The zero-order valence-electron chi connectivity index (χ0n) is 14.6. The molecule has 1 atom stereocenters. The molecule has 0 fully saturated rings. The van der Waals surface area contributed by atoms with Crippen molar-refractivity contribution in [2.75, 3.05) is 6.54 Å². The molecule has 4 nitrogen and oxygen atoms in total. The number of hydrogen-bond acceptors (Lipinski definition) is 2. The van der Waals surface area contributed by atoms with Crippen LogP contribution in [-0.2, 0) is 6.54 Å². The first-order valence-electron chi connectivity index (χ1n) is 8.02. The Morgan fingerprint density at radius 2 is 1.85 bits per heavy atom. The first-order valence-corrected chi connectivity index (χ1v) is 8.02. The van der Waals surface area contributed by atoms with Crippen LogP contribution >= 0.6 is 24.0 Å². The molecule has 0 heterocycles. The molecule has 0 spiro atoms. The van der Waals surface area contributed by atoms with Crippen LogP contribution in [0, 0.1) is 23.0 Å². The van der Waals surface area contributed by atoms with Crippen LogP contribution in [0.2, 0.25) is 0 Å². The summed E-state index contributed by atoms with van der Waals surface area (Å²) in [7, 11) is 0. The van der Waals surface area contributed by atoms with E-state index in [9.17, 15) is 8.78 Å². The van der Waals surface area contributed by atoms with Crippen LogP contribution in [0.4, 0.5) is 8.78 Å². The van der Waals surface area contributed by atoms with Gasteiger partial charge in [-0.3, -0.25) is 0 Å².